The first kappa shape index (κ1) is 17.6. The highest BCUT2D eigenvalue weighted by atomic mass is 32.1. The van der Waals surface area contributed by atoms with E-state index in [4.69, 9.17) is 0 Å². The average Bonchev–Trinajstić information content (AvgIpc) is 3.13. The number of rotatable bonds is 4. The zero-order chi connectivity index (χ0) is 19.7. The predicted molar refractivity (Wildman–Crippen MR) is 108 cm³/mol. The Morgan fingerprint density at radius 3 is 2.61 bits per heavy atom. The number of nitro groups is 1. The van der Waals surface area contributed by atoms with E-state index in [1.165, 1.54) is 41.7 Å². The summed E-state index contributed by atoms with van der Waals surface area (Å²) in [4.78, 5) is 27.6. The molecule has 1 aromatic heterocycles. The zero-order valence-electron chi connectivity index (χ0n) is 14.3. The lowest BCUT2D eigenvalue weighted by Crippen LogP contribution is -2.13. The minimum atomic E-state index is -0.603. The normalized spacial score (nSPS) is 10.7. The summed E-state index contributed by atoms with van der Waals surface area (Å²) in [6.45, 7) is 0. The smallest absolute Gasteiger partial charge is 0.282 e. The maximum Gasteiger partial charge on any atom is 0.282 e. The van der Waals surface area contributed by atoms with Gasteiger partial charge in [-0.2, -0.15) is 0 Å². The second kappa shape index (κ2) is 7.09. The molecule has 4 rings (SSSR count). The van der Waals surface area contributed by atoms with Crippen molar-refractivity contribution >= 4 is 38.8 Å². The number of aromatic hydroxyl groups is 1. The molecule has 3 aromatic carbocycles. The number of anilines is 1. The molecule has 0 fully saturated rings. The standard InChI is InChI=1S/C20H13N3O4S/c24-17-10-9-12(21-19(25)13-5-1-3-7-16(13)23(26)27)11-14(17)20-22-15-6-2-4-8-18(15)28-20/h1-11,24H,(H,21,25). The molecule has 0 aliphatic rings. The molecule has 0 atom stereocenters. The third-order valence-corrected chi connectivity index (χ3v) is 5.19. The quantitative estimate of drug-likeness (QED) is 0.294. The van der Waals surface area contributed by atoms with Crippen molar-refractivity contribution in [2.45, 2.75) is 0 Å². The molecule has 1 heterocycles. The molecule has 4 aromatic rings. The van der Waals surface area contributed by atoms with E-state index in [1.54, 1.807) is 12.1 Å². The summed E-state index contributed by atoms with van der Waals surface area (Å²) in [5, 5.41) is 24.6. The summed E-state index contributed by atoms with van der Waals surface area (Å²) in [5.74, 6) is -0.573. The Hall–Kier alpha value is -3.78. The summed E-state index contributed by atoms with van der Waals surface area (Å²) in [6.07, 6.45) is 0. The summed E-state index contributed by atoms with van der Waals surface area (Å²) < 4.78 is 0.978. The zero-order valence-corrected chi connectivity index (χ0v) is 15.1. The van der Waals surface area contributed by atoms with Crippen molar-refractivity contribution < 1.29 is 14.8 Å². The van der Waals surface area contributed by atoms with Crippen molar-refractivity contribution in [2.24, 2.45) is 0 Å². The molecule has 0 radical (unpaired) electrons. The highest BCUT2D eigenvalue weighted by Crippen LogP contribution is 2.36. The Bertz CT molecular complexity index is 1190. The number of thiazole rings is 1. The number of benzene rings is 3. The number of nitrogens with zero attached hydrogens (tertiary/aromatic N) is 2. The molecule has 0 aliphatic carbocycles. The largest absolute Gasteiger partial charge is 0.507 e. The van der Waals surface area contributed by atoms with Gasteiger partial charge in [0, 0.05) is 11.8 Å². The van der Waals surface area contributed by atoms with Gasteiger partial charge in [0.15, 0.2) is 0 Å². The minimum Gasteiger partial charge on any atom is -0.507 e. The van der Waals surface area contributed by atoms with Crippen LogP contribution in [0.2, 0.25) is 0 Å². The number of nitro benzene ring substituents is 1. The summed E-state index contributed by atoms with van der Waals surface area (Å²) in [5.41, 5.74) is 1.38. The van der Waals surface area contributed by atoms with Crippen LogP contribution in [0.3, 0.4) is 0 Å². The maximum absolute atomic E-state index is 12.5. The summed E-state index contributed by atoms with van der Waals surface area (Å²) in [6, 6.07) is 17.9. The van der Waals surface area contributed by atoms with Gasteiger partial charge in [0.1, 0.15) is 16.3 Å². The van der Waals surface area contributed by atoms with E-state index >= 15 is 0 Å². The van der Waals surface area contributed by atoms with Gasteiger partial charge in [-0.05, 0) is 36.4 Å². The van der Waals surface area contributed by atoms with Crippen LogP contribution in [0.25, 0.3) is 20.8 Å². The number of amides is 1. The highest BCUT2D eigenvalue weighted by Gasteiger charge is 2.20. The number of aromatic nitrogens is 1. The van der Waals surface area contributed by atoms with E-state index < -0.39 is 10.8 Å². The molecule has 0 spiro atoms. The Labute approximate surface area is 163 Å². The number of carbonyl (C=O) groups is 1. The molecule has 28 heavy (non-hydrogen) atoms. The predicted octanol–water partition coefficient (Wildman–Crippen LogP) is 4.83. The van der Waals surface area contributed by atoms with Crippen LogP contribution in [0.15, 0.2) is 66.7 Å². The third-order valence-electron chi connectivity index (χ3n) is 4.12. The first-order chi connectivity index (χ1) is 13.5. The molecule has 8 heteroatoms. The summed E-state index contributed by atoms with van der Waals surface area (Å²) in [7, 11) is 0. The van der Waals surface area contributed by atoms with Gasteiger partial charge in [-0.15, -0.1) is 11.3 Å². The molecule has 1 amide bonds. The number of para-hydroxylation sites is 2. The van der Waals surface area contributed by atoms with E-state index in [2.05, 4.69) is 10.3 Å². The second-order valence-electron chi connectivity index (χ2n) is 5.95. The van der Waals surface area contributed by atoms with Gasteiger partial charge < -0.3 is 10.4 Å². The van der Waals surface area contributed by atoms with Crippen LogP contribution in [0, 0.1) is 10.1 Å². The number of fused-ring (bicyclic) bond motifs is 1. The fourth-order valence-electron chi connectivity index (χ4n) is 2.80. The van der Waals surface area contributed by atoms with E-state index in [0.717, 1.165) is 10.2 Å². The van der Waals surface area contributed by atoms with Crippen molar-refractivity contribution in [2.75, 3.05) is 5.32 Å². The van der Waals surface area contributed by atoms with Crippen molar-refractivity contribution in [3.8, 4) is 16.3 Å². The SMILES string of the molecule is O=C(Nc1ccc(O)c(-c2nc3ccccc3s2)c1)c1ccccc1[N+](=O)[O-]. The Morgan fingerprint density at radius 1 is 1.07 bits per heavy atom. The van der Waals surface area contributed by atoms with Gasteiger partial charge in [0.05, 0.1) is 20.7 Å². The topological polar surface area (TPSA) is 105 Å². The lowest BCUT2D eigenvalue weighted by Gasteiger charge is -2.08. The first-order valence-electron chi connectivity index (χ1n) is 8.26. The lowest BCUT2D eigenvalue weighted by molar-refractivity contribution is -0.385. The van der Waals surface area contributed by atoms with Crippen LogP contribution < -0.4 is 5.32 Å². The molecule has 7 nitrogen and oxygen atoms in total. The fraction of sp³-hybridized carbons (Fsp3) is 0. The molecule has 0 unspecified atom stereocenters. The van der Waals surface area contributed by atoms with Crippen molar-refractivity contribution in [1.29, 1.82) is 0 Å². The molecule has 138 valence electrons. The van der Waals surface area contributed by atoms with Crippen molar-refractivity contribution in [3.05, 3.63) is 82.4 Å². The van der Waals surface area contributed by atoms with Crippen LogP contribution in [0.1, 0.15) is 10.4 Å². The Balaban J connectivity index is 1.68. The van der Waals surface area contributed by atoms with Crippen LogP contribution in [0.5, 0.6) is 5.75 Å². The average molecular weight is 391 g/mol. The number of nitrogens with one attached hydrogen (secondary N) is 1. The fourth-order valence-corrected chi connectivity index (χ4v) is 3.79. The highest BCUT2D eigenvalue weighted by molar-refractivity contribution is 7.21. The molecule has 2 N–H and O–H groups in total. The number of hydrogen-bond donors (Lipinski definition) is 2. The molecule has 0 saturated carbocycles. The summed E-state index contributed by atoms with van der Waals surface area (Å²) >= 11 is 1.42. The second-order valence-corrected chi connectivity index (χ2v) is 6.98. The van der Waals surface area contributed by atoms with Crippen LogP contribution in [-0.4, -0.2) is 20.9 Å². The molecular formula is C20H13N3O4S. The van der Waals surface area contributed by atoms with E-state index in [1.807, 2.05) is 24.3 Å². The first-order valence-corrected chi connectivity index (χ1v) is 9.08. The Kier molecular flexibility index (Phi) is 4.46. The number of phenolic OH excluding ortho intramolecular Hbond substituents is 1. The monoisotopic (exact) mass is 391 g/mol. The van der Waals surface area contributed by atoms with Gasteiger partial charge in [-0.1, -0.05) is 24.3 Å². The van der Waals surface area contributed by atoms with Gasteiger partial charge in [-0.25, -0.2) is 4.98 Å². The van der Waals surface area contributed by atoms with Gasteiger partial charge >= 0.3 is 0 Å². The Morgan fingerprint density at radius 2 is 1.82 bits per heavy atom. The van der Waals surface area contributed by atoms with Crippen LogP contribution in [0.4, 0.5) is 11.4 Å². The van der Waals surface area contributed by atoms with Gasteiger partial charge in [0.25, 0.3) is 11.6 Å². The van der Waals surface area contributed by atoms with Crippen LogP contribution in [-0.2, 0) is 0 Å². The van der Waals surface area contributed by atoms with E-state index in [-0.39, 0.29) is 17.0 Å². The number of carbonyl (C=O) groups excluding carboxylic acids is 1. The third kappa shape index (κ3) is 3.28. The maximum atomic E-state index is 12.5. The van der Waals surface area contributed by atoms with Crippen molar-refractivity contribution in [1.82, 2.24) is 4.98 Å². The van der Waals surface area contributed by atoms with E-state index in [9.17, 15) is 20.0 Å². The number of hydrogen-bond acceptors (Lipinski definition) is 6. The molecule has 0 saturated heterocycles. The molecule has 0 bridgehead atoms. The lowest BCUT2D eigenvalue weighted by atomic mass is 10.1. The van der Waals surface area contributed by atoms with Gasteiger partial charge in [0.2, 0.25) is 0 Å². The van der Waals surface area contributed by atoms with Gasteiger partial charge in [-0.3, -0.25) is 14.9 Å². The number of phenols is 1. The molecular weight excluding hydrogens is 378 g/mol. The minimum absolute atomic E-state index is 0.0303. The van der Waals surface area contributed by atoms with E-state index in [0.29, 0.717) is 16.3 Å². The van der Waals surface area contributed by atoms with Crippen molar-refractivity contribution in [3.63, 3.8) is 0 Å². The van der Waals surface area contributed by atoms with Crippen LogP contribution >= 0.6 is 11.3 Å². The molecule has 0 aliphatic heterocycles.